The number of hydrogen-bond donors (Lipinski definition) is 0. The maximum atomic E-state index is 13.1. The second kappa shape index (κ2) is 5.58. The second-order valence-corrected chi connectivity index (χ2v) is 4.90. The molecule has 2 aromatic rings. The van der Waals surface area contributed by atoms with E-state index >= 15 is 0 Å². The van der Waals surface area contributed by atoms with Crippen LogP contribution in [-0.4, -0.2) is 41.1 Å². The maximum absolute atomic E-state index is 13.1. The minimum absolute atomic E-state index is 0.103. The third kappa shape index (κ3) is 2.65. The number of rotatable bonds is 2. The van der Waals surface area contributed by atoms with E-state index in [0.717, 1.165) is 38.2 Å². The summed E-state index contributed by atoms with van der Waals surface area (Å²) >= 11 is 5.79. The van der Waals surface area contributed by atoms with Crippen LogP contribution in [0.3, 0.4) is 0 Å². The molecule has 0 aliphatic carbocycles. The van der Waals surface area contributed by atoms with E-state index in [4.69, 9.17) is 11.6 Å². The van der Waals surface area contributed by atoms with E-state index in [1.807, 2.05) is 0 Å². The minimum Gasteiger partial charge on any atom is -0.353 e. The molecule has 20 heavy (non-hydrogen) atoms. The van der Waals surface area contributed by atoms with E-state index < -0.39 is 5.82 Å². The van der Waals surface area contributed by atoms with Gasteiger partial charge in [0.15, 0.2) is 5.82 Å². The van der Waals surface area contributed by atoms with Crippen LogP contribution < -0.4 is 9.80 Å². The Hall–Kier alpha value is -1.95. The van der Waals surface area contributed by atoms with Gasteiger partial charge in [-0.1, -0.05) is 11.6 Å². The first-order valence-electron chi connectivity index (χ1n) is 6.31. The van der Waals surface area contributed by atoms with Gasteiger partial charge in [-0.05, 0) is 0 Å². The number of halogens is 2. The van der Waals surface area contributed by atoms with Crippen molar-refractivity contribution in [1.29, 1.82) is 0 Å². The number of aromatic nitrogens is 3. The predicted molar refractivity (Wildman–Crippen MR) is 75.7 cm³/mol. The van der Waals surface area contributed by atoms with Crippen molar-refractivity contribution in [3.05, 3.63) is 41.7 Å². The number of nitrogens with zero attached hydrogens (tertiary/aromatic N) is 5. The van der Waals surface area contributed by atoms with Crippen LogP contribution in [0, 0.1) is 5.82 Å². The lowest BCUT2D eigenvalue weighted by Gasteiger charge is -2.35. The number of pyridine rings is 1. The fourth-order valence-corrected chi connectivity index (χ4v) is 2.34. The van der Waals surface area contributed by atoms with Crippen molar-refractivity contribution in [3.63, 3.8) is 0 Å². The van der Waals surface area contributed by atoms with E-state index in [-0.39, 0.29) is 5.02 Å². The van der Waals surface area contributed by atoms with Gasteiger partial charge in [-0.3, -0.25) is 4.98 Å². The first-order valence-corrected chi connectivity index (χ1v) is 6.69. The summed E-state index contributed by atoms with van der Waals surface area (Å²) in [5.74, 6) is 1.08. The fourth-order valence-electron chi connectivity index (χ4n) is 2.20. The van der Waals surface area contributed by atoms with E-state index in [1.165, 1.54) is 0 Å². The van der Waals surface area contributed by atoms with Crippen LogP contribution in [0.1, 0.15) is 0 Å². The van der Waals surface area contributed by atoms with Crippen LogP contribution in [0.25, 0.3) is 0 Å². The van der Waals surface area contributed by atoms with Gasteiger partial charge in [0.05, 0.1) is 17.4 Å². The molecule has 2 aromatic heterocycles. The van der Waals surface area contributed by atoms with Crippen molar-refractivity contribution < 1.29 is 4.39 Å². The molecular weight excluding hydrogens is 281 g/mol. The normalized spacial score (nSPS) is 15.5. The molecule has 0 spiro atoms. The number of hydrogen-bond acceptors (Lipinski definition) is 5. The third-order valence-electron chi connectivity index (χ3n) is 3.27. The molecule has 1 aliphatic heterocycles. The predicted octanol–water partition coefficient (Wildman–Crippen LogP) is 1.99. The lowest BCUT2D eigenvalue weighted by atomic mass is 10.3. The summed E-state index contributed by atoms with van der Waals surface area (Å²) in [6, 6.07) is 1.56. The van der Waals surface area contributed by atoms with Crippen molar-refractivity contribution in [1.82, 2.24) is 15.0 Å². The van der Waals surface area contributed by atoms with Gasteiger partial charge in [-0.15, -0.1) is 0 Å². The molecule has 0 aromatic carbocycles. The molecule has 0 saturated carbocycles. The second-order valence-electron chi connectivity index (χ2n) is 4.49. The van der Waals surface area contributed by atoms with Crippen molar-refractivity contribution in [2.24, 2.45) is 0 Å². The highest BCUT2D eigenvalue weighted by atomic mass is 35.5. The van der Waals surface area contributed by atoms with E-state index in [2.05, 4.69) is 24.8 Å². The molecule has 0 atom stereocenters. The van der Waals surface area contributed by atoms with Gasteiger partial charge in [0, 0.05) is 44.6 Å². The number of anilines is 2. The highest BCUT2D eigenvalue weighted by Gasteiger charge is 2.19. The van der Waals surface area contributed by atoms with Crippen molar-refractivity contribution >= 4 is 23.2 Å². The third-order valence-corrected chi connectivity index (χ3v) is 3.56. The summed E-state index contributed by atoms with van der Waals surface area (Å²) in [6.45, 7) is 3.20. The first-order chi connectivity index (χ1) is 9.74. The molecule has 7 heteroatoms. The van der Waals surface area contributed by atoms with Gasteiger partial charge in [0.25, 0.3) is 0 Å². The molecule has 3 heterocycles. The summed E-state index contributed by atoms with van der Waals surface area (Å²) in [6.07, 6.45) is 6.25. The van der Waals surface area contributed by atoms with Gasteiger partial charge in [-0.2, -0.15) is 0 Å². The van der Waals surface area contributed by atoms with Crippen LogP contribution in [0.15, 0.2) is 30.9 Å². The van der Waals surface area contributed by atoms with E-state index in [9.17, 15) is 4.39 Å². The van der Waals surface area contributed by atoms with Gasteiger partial charge in [0.2, 0.25) is 0 Å². The summed E-state index contributed by atoms with van der Waals surface area (Å²) in [7, 11) is 0. The highest BCUT2D eigenvalue weighted by Crippen LogP contribution is 2.21. The number of piperazine rings is 1. The van der Waals surface area contributed by atoms with Crippen molar-refractivity contribution in [2.75, 3.05) is 36.0 Å². The Morgan fingerprint density at radius 3 is 2.25 bits per heavy atom. The van der Waals surface area contributed by atoms with E-state index in [0.29, 0.717) is 5.82 Å². The highest BCUT2D eigenvalue weighted by molar-refractivity contribution is 6.30. The summed E-state index contributed by atoms with van der Waals surface area (Å²) in [5.41, 5.74) is 0. The standard InChI is InChI=1S/C13H13ClFN5/c14-10-7-12(18-8-11(10)15)19-3-5-20(6-4-19)13-9-16-1-2-17-13/h1-2,7-9H,3-6H2. The summed E-state index contributed by atoms with van der Waals surface area (Å²) < 4.78 is 13.1. The molecule has 5 nitrogen and oxygen atoms in total. The summed E-state index contributed by atoms with van der Waals surface area (Å²) in [4.78, 5) is 16.7. The molecule has 104 valence electrons. The Kier molecular flexibility index (Phi) is 3.64. The Morgan fingerprint density at radius 2 is 1.65 bits per heavy atom. The molecule has 1 aliphatic rings. The molecule has 1 saturated heterocycles. The van der Waals surface area contributed by atoms with Crippen LogP contribution in [0.2, 0.25) is 5.02 Å². The largest absolute Gasteiger partial charge is 0.353 e. The molecule has 1 fully saturated rings. The van der Waals surface area contributed by atoms with Gasteiger partial charge < -0.3 is 9.80 Å². The summed E-state index contributed by atoms with van der Waals surface area (Å²) in [5, 5.41) is 0.103. The SMILES string of the molecule is Fc1cnc(N2CCN(c3cnccn3)CC2)cc1Cl. The lowest BCUT2D eigenvalue weighted by molar-refractivity contribution is 0.614. The topological polar surface area (TPSA) is 45.2 Å². The van der Waals surface area contributed by atoms with Gasteiger partial charge in [0.1, 0.15) is 11.6 Å². The van der Waals surface area contributed by atoms with Crippen LogP contribution in [0.5, 0.6) is 0 Å². The maximum Gasteiger partial charge on any atom is 0.160 e. The Bertz CT molecular complexity index is 587. The average Bonchev–Trinajstić information content (AvgIpc) is 2.51. The molecule has 0 bridgehead atoms. The first kappa shape index (κ1) is 13.1. The van der Waals surface area contributed by atoms with Crippen LogP contribution in [0.4, 0.5) is 16.0 Å². The monoisotopic (exact) mass is 293 g/mol. The van der Waals surface area contributed by atoms with E-state index in [1.54, 1.807) is 24.7 Å². The quantitative estimate of drug-likeness (QED) is 0.847. The zero-order valence-corrected chi connectivity index (χ0v) is 11.5. The van der Waals surface area contributed by atoms with Crippen LogP contribution >= 0.6 is 11.6 Å². The molecule has 0 unspecified atom stereocenters. The van der Waals surface area contributed by atoms with Crippen molar-refractivity contribution in [2.45, 2.75) is 0 Å². The minimum atomic E-state index is -0.492. The van der Waals surface area contributed by atoms with Crippen LogP contribution in [-0.2, 0) is 0 Å². The fraction of sp³-hybridized carbons (Fsp3) is 0.308. The molecule has 0 amide bonds. The zero-order chi connectivity index (χ0) is 13.9. The molecular formula is C13H13ClFN5. The molecule has 0 N–H and O–H groups in total. The molecule has 0 radical (unpaired) electrons. The zero-order valence-electron chi connectivity index (χ0n) is 10.7. The lowest BCUT2D eigenvalue weighted by Crippen LogP contribution is -2.47. The Morgan fingerprint density at radius 1 is 0.950 bits per heavy atom. The molecule has 3 rings (SSSR count). The van der Waals surface area contributed by atoms with Gasteiger partial charge >= 0.3 is 0 Å². The van der Waals surface area contributed by atoms with Gasteiger partial charge in [-0.25, -0.2) is 14.4 Å². The Balaban J connectivity index is 1.68. The average molecular weight is 294 g/mol. The Labute approximate surface area is 121 Å². The smallest absolute Gasteiger partial charge is 0.160 e. The van der Waals surface area contributed by atoms with Crippen molar-refractivity contribution in [3.8, 4) is 0 Å².